The van der Waals surface area contributed by atoms with Gasteiger partial charge in [0.2, 0.25) is 0 Å². The topological polar surface area (TPSA) is 119 Å². The Balaban J connectivity index is 1.57. The number of ether oxygens (including phenoxy) is 1. The Bertz CT molecular complexity index is 875. The third kappa shape index (κ3) is 3.35. The summed E-state index contributed by atoms with van der Waals surface area (Å²) >= 11 is 0. The van der Waals surface area contributed by atoms with Gasteiger partial charge in [0.05, 0.1) is 18.2 Å². The molecule has 146 valence electrons. The van der Waals surface area contributed by atoms with E-state index in [9.17, 15) is 18.0 Å². The van der Waals surface area contributed by atoms with Gasteiger partial charge in [0.25, 0.3) is 21.8 Å². The Morgan fingerprint density at radius 3 is 2.74 bits per heavy atom. The molecule has 0 radical (unpaired) electrons. The first-order chi connectivity index (χ1) is 12.9. The fourth-order valence-corrected chi connectivity index (χ4v) is 5.32. The number of carbonyl (C=O) groups is 2. The van der Waals surface area contributed by atoms with Gasteiger partial charge in [-0.3, -0.25) is 9.59 Å². The van der Waals surface area contributed by atoms with Crippen LogP contribution >= 0.6 is 0 Å². The molecular formula is C18H23N3O5S. The number of rotatable bonds is 6. The molecule has 1 saturated carbocycles. The van der Waals surface area contributed by atoms with E-state index in [1.807, 2.05) is 0 Å². The van der Waals surface area contributed by atoms with Crippen LogP contribution in [0.25, 0.3) is 0 Å². The second-order valence-corrected chi connectivity index (χ2v) is 9.17. The summed E-state index contributed by atoms with van der Waals surface area (Å²) in [5.41, 5.74) is 6.02. The number of amides is 2. The van der Waals surface area contributed by atoms with E-state index in [1.165, 1.54) is 18.2 Å². The van der Waals surface area contributed by atoms with Crippen LogP contribution in [0.2, 0.25) is 0 Å². The second-order valence-electron chi connectivity index (χ2n) is 7.34. The van der Waals surface area contributed by atoms with E-state index in [2.05, 4.69) is 5.32 Å². The van der Waals surface area contributed by atoms with Crippen molar-refractivity contribution in [3.8, 4) is 0 Å². The molecule has 0 spiro atoms. The minimum absolute atomic E-state index is 0.00824. The van der Waals surface area contributed by atoms with E-state index >= 15 is 0 Å². The Hall–Kier alpha value is -1.97. The molecule has 0 aromatic heterocycles. The lowest BCUT2D eigenvalue weighted by Gasteiger charge is -2.18. The maximum atomic E-state index is 12.9. The minimum atomic E-state index is -3.98. The van der Waals surface area contributed by atoms with Crippen LogP contribution in [0, 0.1) is 5.92 Å². The SMILES string of the molecule is NCC(NC(=O)c1ccc2c(c1)S(=O)(=O)N(CC1CCCO1)C2=O)C1CC1. The lowest BCUT2D eigenvalue weighted by molar-refractivity contribution is 0.0707. The number of nitrogens with zero attached hydrogens (tertiary/aromatic N) is 1. The highest BCUT2D eigenvalue weighted by atomic mass is 32.2. The lowest BCUT2D eigenvalue weighted by Crippen LogP contribution is -2.41. The van der Waals surface area contributed by atoms with Crippen molar-refractivity contribution < 1.29 is 22.7 Å². The van der Waals surface area contributed by atoms with Gasteiger partial charge in [-0.2, -0.15) is 0 Å². The molecule has 2 atom stereocenters. The fraction of sp³-hybridized carbons (Fsp3) is 0.556. The van der Waals surface area contributed by atoms with E-state index in [4.69, 9.17) is 10.5 Å². The Morgan fingerprint density at radius 2 is 2.11 bits per heavy atom. The molecule has 1 aliphatic carbocycles. The summed E-state index contributed by atoms with van der Waals surface area (Å²) in [6.07, 6.45) is 3.38. The average molecular weight is 393 g/mol. The van der Waals surface area contributed by atoms with E-state index in [-0.39, 0.29) is 40.6 Å². The summed E-state index contributed by atoms with van der Waals surface area (Å²) < 4.78 is 32.0. The minimum Gasteiger partial charge on any atom is -0.376 e. The van der Waals surface area contributed by atoms with Gasteiger partial charge in [0.1, 0.15) is 4.90 Å². The lowest BCUT2D eigenvalue weighted by atomic mass is 10.1. The zero-order chi connectivity index (χ0) is 19.2. The van der Waals surface area contributed by atoms with Crippen LogP contribution in [-0.2, 0) is 14.8 Å². The van der Waals surface area contributed by atoms with Crippen molar-refractivity contribution in [2.24, 2.45) is 11.7 Å². The first kappa shape index (κ1) is 18.4. The smallest absolute Gasteiger partial charge is 0.269 e. The molecular weight excluding hydrogens is 370 g/mol. The molecule has 3 aliphatic rings. The van der Waals surface area contributed by atoms with Crippen molar-refractivity contribution in [2.75, 3.05) is 19.7 Å². The number of carbonyl (C=O) groups excluding carboxylic acids is 2. The van der Waals surface area contributed by atoms with E-state index in [1.54, 1.807) is 0 Å². The highest BCUT2D eigenvalue weighted by Gasteiger charge is 2.43. The summed E-state index contributed by atoms with van der Waals surface area (Å²) in [5.74, 6) is -0.550. The van der Waals surface area contributed by atoms with Crippen molar-refractivity contribution in [3.05, 3.63) is 29.3 Å². The molecule has 27 heavy (non-hydrogen) atoms. The molecule has 8 nitrogen and oxygen atoms in total. The fourth-order valence-electron chi connectivity index (χ4n) is 3.69. The van der Waals surface area contributed by atoms with Gasteiger partial charge >= 0.3 is 0 Å². The number of benzene rings is 1. The molecule has 2 heterocycles. The van der Waals surface area contributed by atoms with Gasteiger partial charge in [-0.1, -0.05) is 0 Å². The monoisotopic (exact) mass is 393 g/mol. The van der Waals surface area contributed by atoms with Crippen molar-refractivity contribution in [2.45, 2.75) is 42.7 Å². The molecule has 1 saturated heterocycles. The zero-order valence-electron chi connectivity index (χ0n) is 14.9. The molecule has 4 rings (SSSR count). The Kier molecular flexibility index (Phi) is 4.69. The Morgan fingerprint density at radius 1 is 1.33 bits per heavy atom. The molecule has 9 heteroatoms. The first-order valence-electron chi connectivity index (χ1n) is 9.25. The Labute approximate surface area is 158 Å². The molecule has 3 N–H and O–H groups in total. The van der Waals surface area contributed by atoms with Gasteiger partial charge in [0, 0.05) is 24.8 Å². The number of nitrogens with two attached hydrogens (primary N) is 1. The van der Waals surface area contributed by atoms with Crippen LogP contribution in [-0.4, -0.2) is 56.4 Å². The highest BCUT2D eigenvalue weighted by Crippen LogP contribution is 2.34. The largest absolute Gasteiger partial charge is 0.376 e. The number of sulfonamides is 1. The number of hydrogen-bond donors (Lipinski definition) is 2. The zero-order valence-corrected chi connectivity index (χ0v) is 15.7. The highest BCUT2D eigenvalue weighted by molar-refractivity contribution is 7.90. The second kappa shape index (κ2) is 6.88. The van der Waals surface area contributed by atoms with Crippen LogP contribution in [0.5, 0.6) is 0 Å². The normalized spacial score (nSPS) is 24.7. The van der Waals surface area contributed by atoms with E-state index < -0.39 is 15.9 Å². The summed E-state index contributed by atoms with van der Waals surface area (Å²) in [6.45, 7) is 0.926. The standard InChI is InChI=1S/C18H23N3O5S/c19-9-15(11-3-4-11)20-17(22)12-5-6-14-16(8-12)27(24,25)21(18(14)23)10-13-2-1-7-26-13/h5-6,8,11,13,15H,1-4,7,9-10,19H2,(H,20,22). The molecule has 2 aliphatic heterocycles. The molecule has 1 aromatic carbocycles. The number of hydrogen-bond acceptors (Lipinski definition) is 6. The van der Waals surface area contributed by atoms with Crippen LogP contribution in [0.1, 0.15) is 46.4 Å². The third-order valence-electron chi connectivity index (χ3n) is 5.42. The summed E-state index contributed by atoms with van der Waals surface area (Å²) in [7, 11) is -3.98. The molecule has 2 amide bonds. The van der Waals surface area contributed by atoms with Crippen LogP contribution < -0.4 is 11.1 Å². The average Bonchev–Trinajstić information content (AvgIpc) is 3.33. The predicted molar refractivity (Wildman–Crippen MR) is 96.7 cm³/mol. The molecule has 2 unspecified atom stereocenters. The van der Waals surface area contributed by atoms with Crippen molar-refractivity contribution in [1.82, 2.24) is 9.62 Å². The number of nitrogens with one attached hydrogen (secondary N) is 1. The quantitative estimate of drug-likeness (QED) is 0.725. The van der Waals surface area contributed by atoms with Crippen molar-refractivity contribution >= 4 is 21.8 Å². The van der Waals surface area contributed by atoms with Gasteiger partial charge in [-0.15, -0.1) is 0 Å². The van der Waals surface area contributed by atoms with Gasteiger partial charge < -0.3 is 15.8 Å². The summed E-state index contributed by atoms with van der Waals surface area (Å²) in [4.78, 5) is 25.0. The first-order valence-corrected chi connectivity index (χ1v) is 10.7. The van der Waals surface area contributed by atoms with Crippen LogP contribution in [0.15, 0.2) is 23.1 Å². The van der Waals surface area contributed by atoms with Crippen LogP contribution in [0.4, 0.5) is 0 Å². The van der Waals surface area contributed by atoms with E-state index in [0.29, 0.717) is 19.1 Å². The van der Waals surface area contributed by atoms with Gasteiger partial charge in [-0.25, -0.2) is 12.7 Å². The van der Waals surface area contributed by atoms with Gasteiger partial charge in [0.15, 0.2) is 0 Å². The predicted octanol–water partition coefficient (Wildman–Crippen LogP) is 0.477. The third-order valence-corrected chi connectivity index (χ3v) is 7.21. The van der Waals surface area contributed by atoms with Crippen molar-refractivity contribution in [3.63, 3.8) is 0 Å². The van der Waals surface area contributed by atoms with Crippen molar-refractivity contribution in [1.29, 1.82) is 0 Å². The summed E-state index contributed by atoms with van der Waals surface area (Å²) in [5, 5.41) is 2.87. The summed E-state index contributed by atoms with van der Waals surface area (Å²) in [6, 6.07) is 4.07. The molecule has 1 aromatic rings. The number of fused-ring (bicyclic) bond motifs is 1. The maximum absolute atomic E-state index is 12.9. The van der Waals surface area contributed by atoms with E-state index in [0.717, 1.165) is 30.0 Å². The molecule has 0 bridgehead atoms. The molecule has 2 fully saturated rings. The van der Waals surface area contributed by atoms with Crippen LogP contribution in [0.3, 0.4) is 0 Å². The van der Waals surface area contributed by atoms with Gasteiger partial charge in [-0.05, 0) is 49.8 Å². The maximum Gasteiger partial charge on any atom is 0.269 e.